The number of hydrogen-bond donors (Lipinski definition) is 1. The molecule has 1 aliphatic heterocycles. The highest BCUT2D eigenvalue weighted by Gasteiger charge is 2.58. The third kappa shape index (κ3) is 3.26. The van der Waals surface area contributed by atoms with Gasteiger partial charge in [0.2, 0.25) is 0 Å². The molecule has 1 heterocycles. The Balaban J connectivity index is 2.70. The highest BCUT2D eigenvalue weighted by atomic mass is 19.4. The van der Waals surface area contributed by atoms with E-state index in [1.54, 1.807) is 0 Å². The Kier molecular flexibility index (Phi) is 4.11. The van der Waals surface area contributed by atoms with E-state index in [-0.39, 0.29) is 24.7 Å². The minimum atomic E-state index is -5.19. The zero-order valence-electron chi connectivity index (χ0n) is 11.3. The first-order chi connectivity index (χ1) is 10.3. The van der Waals surface area contributed by atoms with Gasteiger partial charge in [0.05, 0.1) is 11.1 Å². The van der Waals surface area contributed by atoms with E-state index in [1.165, 1.54) is 0 Å². The van der Waals surface area contributed by atoms with Crippen LogP contribution >= 0.6 is 0 Å². The van der Waals surface area contributed by atoms with Gasteiger partial charge in [-0.25, -0.2) is 0 Å². The predicted molar refractivity (Wildman–Crippen MR) is 61.7 cm³/mol. The van der Waals surface area contributed by atoms with Gasteiger partial charge < -0.3 is 5.32 Å². The van der Waals surface area contributed by atoms with Gasteiger partial charge in [0.15, 0.2) is 0 Å². The van der Waals surface area contributed by atoms with Gasteiger partial charge in [-0.05, 0) is 36.7 Å². The smallest absolute Gasteiger partial charge is 0.315 e. The Morgan fingerprint density at radius 2 is 1.26 bits per heavy atom. The summed E-state index contributed by atoms with van der Waals surface area (Å²) in [4.78, 5) is 0. The van der Waals surface area contributed by atoms with Crippen LogP contribution in [-0.4, -0.2) is 19.3 Å². The molecule has 23 heavy (non-hydrogen) atoms. The lowest BCUT2D eigenvalue weighted by Crippen LogP contribution is -2.44. The molecule has 0 radical (unpaired) electrons. The molecule has 0 bridgehead atoms. The molecule has 1 N–H and O–H groups in total. The van der Waals surface area contributed by atoms with Gasteiger partial charge in [0, 0.05) is 6.54 Å². The second-order valence-electron chi connectivity index (χ2n) is 5.30. The topological polar surface area (TPSA) is 12.0 Å². The van der Waals surface area contributed by atoms with Crippen LogP contribution in [-0.2, 0) is 17.8 Å². The molecule has 130 valence electrons. The number of nitrogens with one attached hydrogen (secondary N) is 1. The average Bonchev–Trinajstić information content (AvgIpc) is 2.86. The summed E-state index contributed by atoms with van der Waals surface area (Å²) in [6.45, 7) is -0.924. The van der Waals surface area contributed by atoms with Gasteiger partial charge in [0.1, 0.15) is 5.41 Å². The third-order valence-corrected chi connectivity index (χ3v) is 3.84. The van der Waals surface area contributed by atoms with Crippen LogP contribution in [0.3, 0.4) is 0 Å². The second kappa shape index (κ2) is 5.29. The van der Waals surface area contributed by atoms with E-state index in [2.05, 4.69) is 5.32 Å². The van der Waals surface area contributed by atoms with Crippen molar-refractivity contribution in [1.29, 1.82) is 0 Å². The fraction of sp³-hybridized carbons (Fsp3) is 0.538. The van der Waals surface area contributed by atoms with Crippen molar-refractivity contribution in [1.82, 2.24) is 5.32 Å². The van der Waals surface area contributed by atoms with Crippen molar-refractivity contribution in [3.8, 4) is 0 Å². The molecule has 0 amide bonds. The van der Waals surface area contributed by atoms with Gasteiger partial charge in [-0.3, -0.25) is 0 Å². The number of rotatable bonds is 1. The van der Waals surface area contributed by atoms with E-state index in [0.717, 1.165) is 0 Å². The highest BCUT2D eigenvalue weighted by molar-refractivity contribution is 5.40. The van der Waals surface area contributed by atoms with E-state index in [1.807, 2.05) is 0 Å². The average molecular weight is 351 g/mol. The Morgan fingerprint density at radius 3 is 1.57 bits per heavy atom. The lowest BCUT2D eigenvalue weighted by molar-refractivity contribution is -0.185. The summed E-state index contributed by atoms with van der Waals surface area (Å²) < 4.78 is 117. The maximum absolute atomic E-state index is 13.4. The number of alkyl halides is 9. The molecule has 0 spiro atoms. The van der Waals surface area contributed by atoms with Crippen LogP contribution < -0.4 is 5.32 Å². The van der Waals surface area contributed by atoms with E-state index >= 15 is 0 Å². The fourth-order valence-corrected chi connectivity index (χ4v) is 2.58. The second-order valence-corrected chi connectivity index (χ2v) is 5.30. The third-order valence-electron chi connectivity index (χ3n) is 3.84. The summed E-state index contributed by atoms with van der Waals surface area (Å²) in [6.07, 6.45) is -16.0. The molecular formula is C13H10F9N. The first kappa shape index (κ1) is 17.9. The monoisotopic (exact) mass is 351 g/mol. The van der Waals surface area contributed by atoms with Crippen LogP contribution in [0.4, 0.5) is 39.5 Å². The summed E-state index contributed by atoms with van der Waals surface area (Å²) in [6, 6.07) is 0.113. The Morgan fingerprint density at radius 1 is 0.783 bits per heavy atom. The summed E-state index contributed by atoms with van der Waals surface area (Å²) in [7, 11) is 0. The van der Waals surface area contributed by atoms with Crippen molar-refractivity contribution in [3.63, 3.8) is 0 Å². The molecule has 1 saturated heterocycles. The Bertz CT molecular complexity index is 544. The molecule has 1 aromatic rings. The number of benzene rings is 1. The molecular weight excluding hydrogens is 341 g/mol. The van der Waals surface area contributed by atoms with Crippen molar-refractivity contribution in [3.05, 3.63) is 34.9 Å². The van der Waals surface area contributed by atoms with E-state index in [9.17, 15) is 39.5 Å². The first-order valence-corrected chi connectivity index (χ1v) is 6.35. The molecule has 1 fully saturated rings. The molecule has 1 aliphatic rings. The molecule has 1 nitrogen and oxygen atoms in total. The molecule has 1 atom stereocenters. The molecule has 0 aliphatic carbocycles. The molecule has 2 rings (SSSR count). The van der Waals surface area contributed by atoms with Crippen LogP contribution in [0.5, 0.6) is 0 Å². The van der Waals surface area contributed by atoms with Gasteiger partial charge in [-0.2, -0.15) is 39.5 Å². The van der Waals surface area contributed by atoms with Crippen molar-refractivity contribution < 1.29 is 39.5 Å². The molecule has 10 heteroatoms. The molecule has 1 aromatic carbocycles. The van der Waals surface area contributed by atoms with Gasteiger partial charge >= 0.3 is 18.5 Å². The zero-order valence-corrected chi connectivity index (χ0v) is 11.3. The molecule has 0 unspecified atom stereocenters. The lowest BCUT2D eigenvalue weighted by atomic mass is 9.77. The first-order valence-electron chi connectivity index (χ1n) is 6.35. The zero-order chi connectivity index (χ0) is 17.7. The molecule has 0 saturated carbocycles. The van der Waals surface area contributed by atoms with Gasteiger partial charge in [0.25, 0.3) is 0 Å². The minimum Gasteiger partial charge on any atom is -0.315 e. The largest absolute Gasteiger partial charge is 0.416 e. The summed E-state index contributed by atoms with van der Waals surface area (Å²) in [5.74, 6) is 0. The summed E-state index contributed by atoms with van der Waals surface area (Å²) >= 11 is 0. The minimum absolute atomic E-state index is 0.149. The van der Waals surface area contributed by atoms with Crippen LogP contribution in [0.15, 0.2) is 18.2 Å². The van der Waals surface area contributed by atoms with Gasteiger partial charge in [-0.15, -0.1) is 0 Å². The van der Waals surface area contributed by atoms with Crippen molar-refractivity contribution in [2.45, 2.75) is 30.4 Å². The Hall–Kier alpha value is -1.45. The lowest BCUT2D eigenvalue weighted by Gasteiger charge is -2.32. The van der Waals surface area contributed by atoms with Crippen LogP contribution in [0.2, 0.25) is 0 Å². The Labute approximate surface area is 124 Å². The maximum Gasteiger partial charge on any atom is 0.416 e. The van der Waals surface area contributed by atoms with Crippen molar-refractivity contribution >= 4 is 0 Å². The SMILES string of the molecule is FC(F)(F)c1cc(C(F)(F)F)cc([C@@]2(C(F)(F)F)CCNC2)c1. The van der Waals surface area contributed by atoms with E-state index in [4.69, 9.17) is 0 Å². The fourth-order valence-electron chi connectivity index (χ4n) is 2.58. The van der Waals surface area contributed by atoms with E-state index < -0.39 is 53.6 Å². The van der Waals surface area contributed by atoms with Crippen molar-refractivity contribution in [2.24, 2.45) is 0 Å². The molecule has 0 aromatic heterocycles. The summed E-state index contributed by atoms with van der Waals surface area (Å²) in [5.41, 5.74) is -7.30. The van der Waals surface area contributed by atoms with E-state index in [0.29, 0.717) is 0 Å². The van der Waals surface area contributed by atoms with Gasteiger partial charge in [-0.1, -0.05) is 0 Å². The van der Waals surface area contributed by atoms with Crippen LogP contribution in [0.25, 0.3) is 0 Å². The standard InChI is InChI=1S/C13H10F9N/c14-11(15,16)8-3-7(4-9(5-8)12(17,18)19)10(13(20,21)22)1-2-23-6-10/h3-5,23H,1-2,6H2/t10-/m1/s1. The summed E-state index contributed by atoms with van der Waals surface area (Å²) in [5, 5.41) is 2.35. The number of halogens is 9. The predicted octanol–water partition coefficient (Wildman–Crippen LogP) is 4.52. The number of hydrogen-bond acceptors (Lipinski definition) is 1. The quantitative estimate of drug-likeness (QED) is 0.734. The maximum atomic E-state index is 13.4. The van der Waals surface area contributed by atoms with Crippen LogP contribution in [0, 0.1) is 0 Å². The normalized spacial score (nSPS) is 23.3. The van der Waals surface area contributed by atoms with Crippen LogP contribution in [0.1, 0.15) is 23.1 Å². The van der Waals surface area contributed by atoms with Crippen molar-refractivity contribution in [2.75, 3.05) is 13.1 Å². The highest BCUT2D eigenvalue weighted by Crippen LogP contribution is 2.48.